The fourth-order valence-corrected chi connectivity index (χ4v) is 1.35. The van der Waals surface area contributed by atoms with Crippen LogP contribution in [0.5, 0.6) is 0 Å². The second kappa shape index (κ2) is 2.81. The van der Waals surface area contributed by atoms with Crippen LogP contribution < -0.4 is 0 Å². The van der Waals surface area contributed by atoms with Gasteiger partial charge in [0.05, 0.1) is 29.2 Å². The summed E-state index contributed by atoms with van der Waals surface area (Å²) in [4.78, 5) is 4.21. The van der Waals surface area contributed by atoms with Crippen molar-refractivity contribution in [2.75, 3.05) is 0 Å². The van der Waals surface area contributed by atoms with Crippen molar-refractivity contribution in [2.24, 2.45) is 0 Å². The molecule has 0 saturated carbocycles. The molecule has 4 nitrogen and oxygen atoms in total. The Morgan fingerprint density at radius 1 is 1.46 bits per heavy atom. The SMILES string of the molecule is Cc1ncc(C)n2nc(CO)cc12. The first-order chi connectivity index (χ1) is 6.22. The van der Waals surface area contributed by atoms with Gasteiger partial charge in [0.25, 0.3) is 0 Å². The molecule has 0 atom stereocenters. The van der Waals surface area contributed by atoms with Crippen molar-refractivity contribution in [1.82, 2.24) is 14.6 Å². The Hall–Kier alpha value is -1.42. The number of aryl methyl sites for hydroxylation is 2. The Balaban J connectivity index is 2.80. The quantitative estimate of drug-likeness (QED) is 0.702. The summed E-state index contributed by atoms with van der Waals surface area (Å²) in [6.45, 7) is 3.84. The molecular weight excluding hydrogens is 166 g/mol. The average Bonchev–Trinajstić information content (AvgIpc) is 2.56. The second-order valence-corrected chi connectivity index (χ2v) is 3.08. The number of nitrogens with zero attached hydrogens (tertiary/aromatic N) is 3. The lowest BCUT2D eigenvalue weighted by Gasteiger charge is -1.99. The molecule has 0 amide bonds. The van der Waals surface area contributed by atoms with Crippen LogP contribution in [0.3, 0.4) is 0 Å². The molecule has 0 bridgehead atoms. The van der Waals surface area contributed by atoms with E-state index in [1.165, 1.54) is 0 Å². The van der Waals surface area contributed by atoms with Crippen LogP contribution in [0, 0.1) is 13.8 Å². The average molecular weight is 177 g/mol. The van der Waals surface area contributed by atoms with E-state index < -0.39 is 0 Å². The van der Waals surface area contributed by atoms with Crippen molar-refractivity contribution in [3.8, 4) is 0 Å². The van der Waals surface area contributed by atoms with Gasteiger partial charge in [-0.05, 0) is 19.9 Å². The summed E-state index contributed by atoms with van der Waals surface area (Å²) in [5.74, 6) is 0. The van der Waals surface area contributed by atoms with Gasteiger partial charge < -0.3 is 5.11 Å². The third kappa shape index (κ3) is 1.19. The second-order valence-electron chi connectivity index (χ2n) is 3.08. The fraction of sp³-hybridized carbons (Fsp3) is 0.333. The molecule has 2 rings (SSSR count). The molecule has 0 saturated heterocycles. The molecule has 4 heteroatoms. The first-order valence-electron chi connectivity index (χ1n) is 4.14. The summed E-state index contributed by atoms with van der Waals surface area (Å²) < 4.78 is 1.80. The van der Waals surface area contributed by atoms with Crippen molar-refractivity contribution in [3.63, 3.8) is 0 Å². The molecule has 2 heterocycles. The number of hydrogen-bond acceptors (Lipinski definition) is 3. The molecule has 0 aliphatic carbocycles. The number of rotatable bonds is 1. The minimum absolute atomic E-state index is 0.0272. The first kappa shape index (κ1) is 8.19. The summed E-state index contributed by atoms with van der Waals surface area (Å²) in [7, 11) is 0. The van der Waals surface area contributed by atoms with E-state index in [9.17, 15) is 0 Å². The smallest absolute Gasteiger partial charge is 0.0890 e. The Bertz CT molecular complexity index is 408. The van der Waals surface area contributed by atoms with E-state index in [1.807, 2.05) is 19.9 Å². The highest BCUT2D eigenvalue weighted by Gasteiger charge is 2.05. The molecule has 0 aromatic carbocycles. The van der Waals surface area contributed by atoms with Gasteiger partial charge in [-0.25, -0.2) is 4.52 Å². The molecule has 0 fully saturated rings. The maximum absolute atomic E-state index is 8.92. The van der Waals surface area contributed by atoms with Crippen molar-refractivity contribution >= 4 is 5.52 Å². The molecule has 13 heavy (non-hydrogen) atoms. The number of hydrogen-bond donors (Lipinski definition) is 1. The topological polar surface area (TPSA) is 50.4 Å². The summed E-state index contributed by atoms with van der Waals surface area (Å²) in [5, 5.41) is 13.1. The summed E-state index contributed by atoms with van der Waals surface area (Å²) >= 11 is 0. The molecule has 68 valence electrons. The van der Waals surface area contributed by atoms with Gasteiger partial charge in [-0.3, -0.25) is 4.98 Å². The summed E-state index contributed by atoms with van der Waals surface area (Å²) in [6.07, 6.45) is 1.77. The van der Waals surface area contributed by atoms with E-state index in [1.54, 1.807) is 10.7 Å². The maximum Gasteiger partial charge on any atom is 0.0890 e. The third-order valence-corrected chi connectivity index (χ3v) is 2.07. The first-order valence-corrected chi connectivity index (χ1v) is 4.14. The Morgan fingerprint density at radius 2 is 2.23 bits per heavy atom. The van der Waals surface area contributed by atoms with Crippen LogP contribution in [-0.2, 0) is 6.61 Å². The monoisotopic (exact) mass is 177 g/mol. The standard InChI is InChI=1S/C9H11N3O/c1-6-4-10-7(2)9-3-8(5-13)11-12(6)9/h3-4,13H,5H2,1-2H3. The lowest BCUT2D eigenvalue weighted by molar-refractivity contribution is 0.276. The van der Waals surface area contributed by atoms with E-state index in [0.717, 1.165) is 16.9 Å². The van der Waals surface area contributed by atoms with E-state index in [-0.39, 0.29) is 6.61 Å². The van der Waals surface area contributed by atoms with Crippen LogP contribution in [0.4, 0.5) is 0 Å². The molecule has 0 aliphatic rings. The summed E-state index contributed by atoms with van der Waals surface area (Å²) in [6, 6.07) is 1.86. The van der Waals surface area contributed by atoms with Crippen molar-refractivity contribution in [2.45, 2.75) is 20.5 Å². The summed E-state index contributed by atoms with van der Waals surface area (Å²) in [5.41, 5.74) is 3.54. The van der Waals surface area contributed by atoms with Crippen LogP contribution in [0.25, 0.3) is 5.52 Å². The predicted octanol–water partition coefficient (Wildman–Crippen LogP) is 0.838. The highest BCUT2D eigenvalue weighted by atomic mass is 16.3. The minimum atomic E-state index is -0.0272. The Kier molecular flexibility index (Phi) is 1.77. The maximum atomic E-state index is 8.92. The van der Waals surface area contributed by atoms with Crippen molar-refractivity contribution in [3.05, 3.63) is 29.3 Å². The molecular formula is C9H11N3O. The van der Waals surface area contributed by atoms with Crippen LogP contribution >= 0.6 is 0 Å². The van der Waals surface area contributed by atoms with Gasteiger partial charge >= 0.3 is 0 Å². The Morgan fingerprint density at radius 3 is 2.85 bits per heavy atom. The van der Waals surface area contributed by atoms with Gasteiger partial charge in [-0.1, -0.05) is 0 Å². The van der Waals surface area contributed by atoms with E-state index in [4.69, 9.17) is 5.11 Å². The van der Waals surface area contributed by atoms with Crippen molar-refractivity contribution in [1.29, 1.82) is 0 Å². The molecule has 0 radical (unpaired) electrons. The van der Waals surface area contributed by atoms with E-state index in [0.29, 0.717) is 5.69 Å². The molecule has 0 spiro atoms. The van der Waals surface area contributed by atoms with Crippen LogP contribution in [0.1, 0.15) is 17.1 Å². The Labute approximate surface area is 75.8 Å². The number of aliphatic hydroxyl groups is 1. The molecule has 0 unspecified atom stereocenters. The number of fused-ring (bicyclic) bond motifs is 1. The van der Waals surface area contributed by atoms with Crippen LogP contribution in [0.2, 0.25) is 0 Å². The molecule has 1 N–H and O–H groups in total. The number of aromatic nitrogens is 3. The van der Waals surface area contributed by atoms with Crippen molar-refractivity contribution < 1.29 is 5.11 Å². The largest absolute Gasteiger partial charge is 0.390 e. The lowest BCUT2D eigenvalue weighted by Crippen LogP contribution is -1.97. The molecule has 0 aliphatic heterocycles. The zero-order valence-corrected chi connectivity index (χ0v) is 7.65. The van der Waals surface area contributed by atoms with Gasteiger partial charge in [0.1, 0.15) is 0 Å². The predicted molar refractivity (Wildman–Crippen MR) is 48.4 cm³/mol. The van der Waals surface area contributed by atoms with Crippen LogP contribution in [0.15, 0.2) is 12.3 Å². The lowest BCUT2D eigenvalue weighted by atomic mass is 10.3. The normalized spacial score (nSPS) is 11.0. The molecule has 2 aromatic rings. The molecule has 2 aromatic heterocycles. The van der Waals surface area contributed by atoms with E-state index in [2.05, 4.69) is 10.1 Å². The van der Waals surface area contributed by atoms with Crippen LogP contribution in [-0.4, -0.2) is 19.7 Å². The zero-order valence-electron chi connectivity index (χ0n) is 7.65. The van der Waals surface area contributed by atoms with Gasteiger partial charge in [0.2, 0.25) is 0 Å². The highest BCUT2D eigenvalue weighted by Crippen LogP contribution is 2.11. The minimum Gasteiger partial charge on any atom is -0.390 e. The van der Waals surface area contributed by atoms with Gasteiger partial charge in [0, 0.05) is 6.20 Å². The van der Waals surface area contributed by atoms with Gasteiger partial charge in [-0.2, -0.15) is 5.10 Å². The van der Waals surface area contributed by atoms with Gasteiger partial charge in [-0.15, -0.1) is 0 Å². The zero-order chi connectivity index (χ0) is 9.42. The van der Waals surface area contributed by atoms with E-state index >= 15 is 0 Å². The fourth-order valence-electron chi connectivity index (χ4n) is 1.35. The van der Waals surface area contributed by atoms with Gasteiger partial charge in [0.15, 0.2) is 0 Å². The highest BCUT2D eigenvalue weighted by molar-refractivity contribution is 5.52. The third-order valence-electron chi connectivity index (χ3n) is 2.07. The number of aliphatic hydroxyl groups excluding tert-OH is 1.